The standard InChI is InChI=1S/C11H14N2O2S3/c1-2-3-6-16-11-13-9-5-4-8(18(12,14)15)7-10(9)17-11/h4-5,7H,2-3,6H2,1H3,(H2,12,14,15). The van der Waals surface area contributed by atoms with Gasteiger partial charge in [-0.1, -0.05) is 25.1 Å². The number of thioether (sulfide) groups is 1. The Morgan fingerprint density at radius 3 is 2.89 bits per heavy atom. The molecule has 0 bridgehead atoms. The molecule has 0 spiro atoms. The van der Waals surface area contributed by atoms with Gasteiger partial charge in [0.1, 0.15) is 0 Å². The summed E-state index contributed by atoms with van der Waals surface area (Å²) in [6.45, 7) is 2.15. The summed E-state index contributed by atoms with van der Waals surface area (Å²) in [6, 6.07) is 4.79. The van der Waals surface area contributed by atoms with Crippen molar-refractivity contribution in [3.63, 3.8) is 0 Å². The van der Waals surface area contributed by atoms with Gasteiger partial charge in [0.05, 0.1) is 15.1 Å². The predicted molar refractivity (Wildman–Crippen MR) is 76.6 cm³/mol. The van der Waals surface area contributed by atoms with E-state index in [9.17, 15) is 8.42 Å². The second-order valence-corrected chi connectivity index (χ2v) is 7.79. The Labute approximate surface area is 115 Å². The van der Waals surface area contributed by atoms with Crippen LogP contribution in [0.5, 0.6) is 0 Å². The molecule has 0 radical (unpaired) electrons. The highest BCUT2D eigenvalue weighted by Crippen LogP contribution is 2.31. The van der Waals surface area contributed by atoms with Gasteiger partial charge in [0.15, 0.2) is 4.34 Å². The number of hydrogen-bond acceptors (Lipinski definition) is 5. The molecule has 18 heavy (non-hydrogen) atoms. The van der Waals surface area contributed by atoms with E-state index in [1.165, 1.54) is 17.4 Å². The van der Waals surface area contributed by atoms with Crippen molar-refractivity contribution >= 4 is 43.3 Å². The van der Waals surface area contributed by atoms with Crippen LogP contribution in [-0.2, 0) is 10.0 Å². The second-order valence-electron chi connectivity index (χ2n) is 3.86. The van der Waals surface area contributed by atoms with Gasteiger partial charge in [-0.05, 0) is 24.6 Å². The van der Waals surface area contributed by atoms with Crippen molar-refractivity contribution < 1.29 is 8.42 Å². The van der Waals surface area contributed by atoms with Gasteiger partial charge in [-0.25, -0.2) is 18.5 Å². The Morgan fingerprint density at radius 2 is 2.22 bits per heavy atom. The lowest BCUT2D eigenvalue weighted by Crippen LogP contribution is -2.11. The molecule has 7 heteroatoms. The molecule has 1 heterocycles. The number of hydrogen-bond donors (Lipinski definition) is 1. The van der Waals surface area contributed by atoms with Crippen LogP contribution in [0.4, 0.5) is 0 Å². The summed E-state index contributed by atoms with van der Waals surface area (Å²) in [5.74, 6) is 1.04. The normalized spacial score (nSPS) is 12.1. The molecule has 2 rings (SSSR count). The third-order valence-electron chi connectivity index (χ3n) is 2.39. The maximum atomic E-state index is 11.3. The quantitative estimate of drug-likeness (QED) is 0.681. The molecule has 0 saturated heterocycles. The molecule has 0 aliphatic rings. The lowest BCUT2D eigenvalue weighted by Gasteiger charge is -1.95. The summed E-state index contributed by atoms with van der Waals surface area (Å²) in [7, 11) is -3.63. The number of aromatic nitrogens is 1. The zero-order valence-electron chi connectivity index (χ0n) is 9.92. The van der Waals surface area contributed by atoms with Crippen LogP contribution >= 0.6 is 23.1 Å². The van der Waals surface area contributed by atoms with Crippen molar-refractivity contribution in [2.45, 2.75) is 29.0 Å². The van der Waals surface area contributed by atoms with Gasteiger partial charge < -0.3 is 0 Å². The van der Waals surface area contributed by atoms with Gasteiger partial charge in [0, 0.05) is 5.75 Å². The summed E-state index contributed by atoms with van der Waals surface area (Å²) in [4.78, 5) is 4.60. The van der Waals surface area contributed by atoms with Crippen molar-refractivity contribution in [1.29, 1.82) is 0 Å². The minimum Gasteiger partial charge on any atom is -0.230 e. The smallest absolute Gasteiger partial charge is 0.230 e. The third-order valence-corrected chi connectivity index (χ3v) is 5.55. The highest BCUT2D eigenvalue weighted by molar-refractivity contribution is 8.01. The average molecular weight is 302 g/mol. The van der Waals surface area contributed by atoms with Crippen molar-refractivity contribution in [2.24, 2.45) is 5.14 Å². The topological polar surface area (TPSA) is 73.0 Å². The average Bonchev–Trinajstić information content (AvgIpc) is 2.69. The summed E-state index contributed by atoms with van der Waals surface area (Å²) in [5.41, 5.74) is 0.825. The van der Waals surface area contributed by atoms with E-state index in [0.717, 1.165) is 33.2 Å². The Kier molecular flexibility index (Phi) is 4.26. The van der Waals surface area contributed by atoms with E-state index in [4.69, 9.17) is 5.14 Å². The minimum atomic E-state index is -3.63. The Hall–Kier alpha value is -0.630. The van der Waals surface area contributed by atoms with Crippen LogP contribution in [0.3, 0.4) is 0 Å². The molecule has 0 aliphatic carbocycles. The maximum absolute atomic E-state index is 11.3. The second kappa shape index (κ2) is 5.56. The summed E-state index contributed by atoms with van der Waals surface area (Å²) < 4.78 is 24.3. The van der Waals surface area contributed by atoms with Crippen LogP contribution in [0, 0.1) is 0 Å². The fourth-order valence-electron chi connectivity index (χ4n) is 1.43. The van der Waals surface area contributed by atoms with Gasteiger partial charge in [-0.15, -0.1) is 11.3 Å². The van der Waals surface area contributed by atoms with E-state index in [0.29, 0.717) is 0 Å². The molecule has 1 aromatic heterocycles. The van der Waals surface area contributed by atoms with Crippen molar-refractivity contribution in [3.8, 4) is 0 Å². The van der Waals surface area contributed by atoms with Crippen LogP contribution in [0.15, 0.2) is 27.4 Å². The molecule has 0 amide bonds. The first-order chi connectivity index (χ1) is 8.50. The molecule has 0 saturated carbocycles. The fourth-order valence-corrected chi connectivity index (χ4v) is 4.30. The molecule has 2 aromatic rings. The fraction of sp³-hybridized carbons (Fsp3) is 0.364. The third kappa shape index (κ3) is 3.23. The molecule has 1 aromatic carbocycles. The number of unbranched alkanes of at least 4 members (excludes halogenated alkanes) is 1. The van der Waals surface area contributed by atoms with E-state index in [2.05, 4.69) is 11.9 Å². The van der Waals surface area contributed by atoms with Gasteiger partial charge in [-0.3, -0.25) is 0 Å². The van der Waals surface area contributed by atoms with Crippen molar-refractivity contribution in [2.75, 3.05) is 5.75 Å². The van der Waals surface area contributed by atoms with E-state index < -0.39 is 10.0 Å². The van der Waals surface area contributed by atoms with E-state index >= 15 is 0 Å². The van der Waals surface area contributed by atoms with Crippen LogP contribution < -0.4 is 5.14 Å². The van der Waals surface area contributed by atoms with E-state index in [1.807, 2.05) is 0 Å². The molecule has 0 atom stereocenters. The molecule has 0 aliphatic heterocycles. The predicted octanol–water partition coefficient (Wildman–Crippen LogP) is 2.84. The SMILES string of the molecule is CCCCSc1nc2ccc(S(N)(=O)=O)cc2s1. The zero-order chi connectivity index (χ0) is 13.2. The van der Waals surface area contributed by atoms with Gasteiger partial charge in [0.2, 0.25) is 10.0 Å². The number of fused-ring (bicyclic) bond motifs is 1. The minimum absolute atomic E-state index is 0.142. The van der Waals surface area contributed by atoms with Gasteiger partial charge >= 0.3 is 0 Å². The van der Waals surface area contributed by atoms with E-state index in [-0.39, 0.29) is 4.90 Å². The molecule has 4 nitrogen and oxygen atoms in total. The first-order valence-electron chi connectivity index (χ1n) is 5.57. The Bertz CT molecular complexity index is 649. The first-order valence-corrected chi connectivity index (χ1v) is 8.91. The summed E-state index contributed by atoms with van der Waals surface area (Å²) in [5, 5.41) is 5.10. The number of primary sulfonamides is 1. The molecule has 0 fully saturated rings. The van der Waals surface area contributed by atoms with E-state index in [1.54, 1.807) is 23.9 Å². The monoisotopic (exact) mass is 302 g/mol. The summed E-state index contributed by atoms with van der Waals surface area (Å²) in [6.07, 6.45) is 2.32. The number of nitrogens with zero attached hydrogens (tertiary/aromatic N) is 1. The maximum Gasteiger partial charge on any atom is 0.238 e. The molecule has 2 N–H and O–H groups in total. The van der Waals surface area contributed by atoms with Crippen LogP contribution in [0.1, 0.15) is 19.8 Å². The first kappa shape index (κ1) is 13.8. The lowest BCUT2D eigenvalue weighted by molar-refractivity contribution is 0.598. The Morgan fingerprint density at radius 1 is 1.44 bits per heavy atom. The van der Waals surface area contributed by atoms with Crippen molar-refractivity contribution in [3.05, 3.63) is 18.2 Å². The number of rotatable bonds is 5. The zero-order valence-corrected chi connectivity index (χ0v) is 12.4. The number of sulfonamides is 1. The van der Waals surface area contributed by atoms with Crippen LogP contribution in [-0.4, -0.2) is 19.2 Å². The molecule has 0 unspecified atom stereocenters. The number of thiazole rings is 1. The molecule has 98 valence electrons. The van der Waals surface area contributed by atoms with Crippen molar-refractivity contribution in [1.82, 2.24) is 4.98 Å². The van der Waals surface area contributed by atoms with Crippen LogP contribution in [0.2, 0.25) is 0 Å². The summed E-state index contributed by atoms with van der Waals surface area (Å²) >= 11 is 3.22. The highest BCUT2D eigenvalue weighted by atomic mass is 32.2. The number of benzene rings is 1. The molecular formula is C11H14N2O2S3. The number of nitrogens with two attached hydrogens (primary N) is 1. The lowest BCUT2D eigenvalue weighted by atomic mass is 10.3. The highest BCUT2D eigenvalue weighted by Gasteiger charge is 2.11. The van der Waals surface area contributed by atoms with Gasteiger partial charge in [-0.2, -0.15) is 0 Å². The molecular weight excluding hydrogens is 288 g/mol. The van der Waals surface area contributed by atoms with Crippen LogP contribution in [0.25, 0.3) is 10.2 Å². The van der Waals surface area contributed by atoms with Gasteiger partial charge in [0.25, 0.3) is 0 Å². The largest absolute Gasteiger partial charge is 0.238 e. The Balaban J connectivity index is 2.28.